The number of hydrogen-bond acceptors (Lipinski definition) is 7. The molecule has 0 aromatic heterocycles. The number of nitrogens with zero attached hydrogens (tertiary/aromatic N) is 1. The molecule has 9 heteroatoms. The summed E-state index contributed by atoms with van der Waals surface area (Å²) in [4.78, 5) is 17.1. The van der Waals surface area contributed by atoms with E-state index in [4.69, 9.17) is 35.4 Å². The number of hydrogen-bond donors (Lipinski definition) is 1. The maximum Gasteiger partial charge on any atom is 0.260 e. The first-order chi connectivity index (χ1) is 15.5. The molecule has 0 bridgehead atoms. The van der Waals surface area contributed by atoms with Crippen LogP contribution in [0.25, 0.3) is 0 Å². The van der Waals surface area contributed by atoms with Crippen LogP contribution in [0.1, 0.15) is 25.0 Å². The molecular formula is C23H29ClN2O6. The molecular weight excluding hydrogens is 436 g/mol. The molecule has 0 aliphatic rings. The largest absolute Gasteiger partial charge is 0.493 e. The smallest absolute Gasteiger partial charge is 0.260 e. The van der Waals surface area contributed by atoms with E-state index in [0.717, 1.165) is 5.56 Å². The minimum absolute atomic E-state index is 0.203. The van der Waals surface area contributed by atoms with E-state index in [1.54, 1.807) is 12.1 Å². The Bertz CT molecular complexity index is 920. The number of nitrogens with one attached hydrogen (secondary N) is 1. The van der Waals surface area contributed by atoms with Crippen LogP contribution in [-0.2, 0) is 16.1 Å². The van der Waals surface area contributed by atoms with Gasteiger partial charge in [0.05, 0.1) is 38.7 Å². The minimum Gasteiger partial charge on any atom is -0.493 e. The first-order valence-electron chi connectivity index (χ1n) is 10.2. The highest BCUT2D eigenvalue weighted by Gasteiger charge is 2.10. The van der Waals surface area contributed by atoms with E-state index in [2.05, 4.69) is 10.5 Å². The van der Waals surface area contributed by atoms with Crippen LogP contribution < -0.4 is 24.3 Å². The molecule has 2 aromatic carbocycles. The molecule has 0 heterocycles. The second-order valence-electron chi connectivity index (χ2n) is 6.49. The molecule has 0 aliphatic carbocycles. The van der Waals surface area contributed by atoms with E-state index >= 15 is 0 Å². The molecule has 0 unspecified atom stereocenters. The van der Waals surface area contributed by atoms with Gasteiger partial charge in [-0.05, 0) is 50.1 Å². The van der Waals surface area contributed by atoms with Crippen LogP contribution in [0.4, 0.5) is 0 Å². The number of oxime groups is 1. The van der Waals surface area contributed by atoms with Crippen molar-refractivity contribution < 1.29 is 28.6 Å². The second kappa shape index (κ2) is 13.3. The van der Waals surface area contributed by atoms with Gasteiger partial charge in [0, 0.05) is 12.1 Å². The Balaban J connectivity index is 1.79. The van der Waals surface area contributed by atoms with E-state index in [1.165, 1.54) is 20.4 Å². The molecule has 174 valence electrons. The van der Waals surface area contributed by atoms with Gasteiger partial charge < -0.3 is 29.1 Å². The topological polar surface area (TPSA) is 87.6 Å². The molecule has 0 saturated carbocycles. The molecule has 8 nitrogen and oxygen atoms in total. The summed E-state index contributed by atoms with van der Waals surface area (Å²) in [5, 5.41) is 6.99. The van der Waals surface area contributed by atoms with Crippen LogP contribution in [0, 0.1) is 0 Å². The summed E-state index contributed by atoms with van der Waals surface area (Å²) in [7, 11) is 3.02. The first-order valence-corrected chi connectivity index (χ1v) is 10.6. The van der Waals surface area contributed by atoms with Crippen LogP contribution in [0.15, 0.2) is 35.5 Å². The average Bonchev–Trinajstić information content (AvgIpc) is 2.78. The van der Waals surface area contributed by atoms with Crippen LogP contribution in [0.2, 0.25) is 5.02 Å². The quantitative estimate of drug-likeness (QED) is 0.357. The Kier molecular flexibility index (Phi) is 10.5. The maximum atomic E-state index is 12.0. The van der Waals surface area contributed by atoms with E-state index in [-0.39, 0.29) is 12.5 Å². The summed E-state index contributed by atoms with van der Waals surface area (Å²) in [5.41, 5.74) is 1.68. The molecule has 0 aliphatic heterocycles. The van der Waals surface area contributed by atoms with Crippen molar-refractivity contribution in [3.8, 4) is 23.0 Å². The normalized spacial score (nSPS) is 10.7. The van der Waals surface area contributed by atoms with Gasteiger partial charge in [0.25, 0.3) is 5.91 Å². The van der Waals surface area contributed by atoms with Gasteiger partial charge in [-0.2, -0.15) is 0 Å². The summed E-state index contributed by atoms with van der Waals surface area (Å²) >= 11 is 6.15. The van der Waals surface area contributed by atoms with Crippen LogP contribution in [0.5, 0.6) is 23.0 Å². The summed E-state index contributed by atoms with van der Waals surface area (Å²) in [6.45, 7) is 5.21. The fourth-order valence-electron chi connectivity index (χ4n) is 2.85. The molecule has 0 saturated heterocycles. The van der Waals surface area contributed by atoms with Crippen molar-refractivity contribution in [2.45, 2.75) is 20.3 Å². The zero-order chi connectivity index (χ0) is 23.3. The second-order valence-corrected chi connectivity index (χ2v) is 6.90. The number of ether oxygens (including phenoxy) is 4. The predicted molar refractivity (Wildman–Crippen MR) is 124 cm³/mol. The van der Waals surface area contributed by atoms with Gasteiger partial charge in [0.15, 0.2) is 29.6 Å². The van der Waals surface area contributed by atoms with E-state index in [9.17, 15) is 4.79 Å². The SMILES string of the molecule is CCOc1ccc(CCNC(=O)CO/N=C/c2cc(Cl)c(OC)c(OC)c2)cc1OCC. The molecule has 0 atom stereocenters. The molecule has 1 amide bonds. The van der Waals surface area contributed by atoms with Crippen molar-refractivity contribution in [2.75, 3.05) is 40.6 Å². The number of amides is 1. The molecule has 0 radical (unpaired) electrons. The van der Waals surface area contributed by atoms with Gasteiger partial charge in [0.1, 0.15) is 0 Å². The summed E-state index contributed by atoms with van der Waals surface area (Å²) in [6.07, 6.45) is 2.09. The maximum absolute atomic E-state index is 12.0. The number of methoxy groups -OCH3 is 2. The van der Waals surface area contributed by atoms with Gasteiger partial charge in [0.2, 0.25) is 0 Å². The Labute approximate surface area is 193 Å². The summed E-state index contributed by atoms with van der Waals surface area (Å²) in [5.74, 6) is 2.05. The van der Waals surface area contributed by atoms with E-state index in [0.29, 0.717) is 59.8 Å². The fraction of sp³-hybridized carbons (Fsp3) is 0.391. The Morgan fingerprint density at radius 1 is 1.03 bits per heavy atom. The minimum atomic E-state index is -0.275. The van der Waals surface area contributed by atoms with Crippen molar-refractivity contribution >= 4 is 23.7 Å². The molecule has 1 N–H and O–H groups in total. The van der Waals surface area contributed by atoms with Crippen molar-refractivity contribution in [1.29, 1.82) is 0 Å². The van der Waals surface area contributed by atoms with Crippen molar-refractivity contribution in [2.24, 2.45) is 5.16 Å². The lowest BCUT2D eigenvalue weighted by molar-refractivity contribution is -0.125. The Hall–Kier alpha value is -3.13. The highest BCUT2D eigenvalue weighted by molar-refractivity contribution is 6.32. The lowest BCUT2D eigenvalue weighted by Gasteiger charge is -2.12. The highest BCUT2D eigenvalue weighted by atomic mass is 35.5. The Morgan fingerprint density at radius 3 is 2.47 bits per heavy atom. The standard InChI is InChI=1S/C23H29ClN2O6/c1-5-30-19-8-7-16(12-20(19)31-6-2)9-10-25-22(27)15-32-26-14-17-11-18(24)23(29-4)21(13-17)28-3/h7-8,11-14H,5-6,9-10,15H2,1-4H3,(H,25,27)/b26-14+. The van der Waals surface area contributed by atoms with E-state index in [1.807, 2.05) is 32.0 Å². The van der Waals surface area contributed by atoms with Crippen molar-refractivity contribution in [3.63, 3.8) is 0 Å². The van der Waals surface area contributed by atoms with Gasteiger partial charge >= 0.3 is 0 Å². The van der Waals surface area contributed by atoms with Crippen LogP contribution >= 0.6 is 11.6 Å². The van der Waals surface area contributed by atoms with Crippen LogP contribution in [-0.4, -0.2) is 52.7 Å². The first kappa shape index (κ1) is 25.1. The third-order valence-electron chi connectivity index (χ3n) is 4.27. The van der Waals surface area contributed by atoms with Gasteiger partial charge in [-0.15, -0.1) is 0 Å². The van der Waals surface area contributed by atoms with Gasteiger partial charge in [-0.1, -0.05) is 22.8 Å². The highest BCUT2D eigenvalue weighted by Crippen LogP contribution is 2.35. The lowest BCUT2D eigenvalue weighted by Crippen LogP contribution is -2.28. The number of carbonyl (C=O) groups is 1. The van der Waals surface area contributed by atoms with Crippen molar-refractivity contribution in [1.82, 2.24) is 5.32 Å². The third-order valence-corrected chi connectivity index (χ3v) is 4.55. The van der Waals surface area contributed by atoms with Gasteiger partial charge in [-0.25, -0.2) is 0 Å². The molecule has 0 spiro atoms. The van der Waals surface area contributed by atoms with Gasteiger partial charge in [-0.3, -0.25) is 4.79 Å². The number of rotatable bonds is 13. The average molecular weight is 465 g/mol. The molecule has 32 heavy (non-hydrogen) atoms. The molecule has 0 fully saturated rings. The fourth-order valence-corrected chi connectivity index (χ4v) is 3.15. The number of benzene rings is 2. The zero-order valence-corrected chi connectivity index (χ0v) is 19.5. The zero-order valence-electron chi connectivity index (χ0n) is 18.8. The molecule has 2 rings (SSSR count). The Morgan fingerprint density at radius 2 is 1.78 bits per heavy atom. The lowest BCUT2D eigenvalue weighted by atomic mass is 10.1. The summed E-state index contributed by atoms with van der Waals surface area (Å²) < 4.78 is 21.6. The van der Waals surface area contributed by atoms with Crippen LogP contribution in [0.3, 0.4) is 0 Å². The van der Waals surface area contributed by atoms with E-state index < -0.39 is 0 Å². The monoisotopic (exact) mass is 464 g/mol. The third kappa shape index (κ3) is 7.53. The molecule has 2 aromatic rings. The number of halogens is 1. The number of carbonyl (C=O) groups excluding carboxylic acids is 1. The predicted octanol–water partition coefficient (Wildman–Crippen LogP) is 3.86. The summed E-state index contributed by atoms with van der Waals surface area (Å²) in [6, 6.07) is 9.11. The van der Waals surface area contributed by atoms with Crippen molar-refractivity contribution in [3.05, 3.63) is 46.5 Å².